The predicted molar refractivity (Wildman–Crippen MR) is 89.5 cm³/mol. The van der Waals surface area contributed by atoms with Gasteiger partial charge in [-0.1, -0.05) is 35.3 Å². The van der Waals surface area contributed by atoms with Gasteiger partial charge in [-0.05, 0) is 43.2 Å². The van der Waals surface area contributed by atoms with Crippen LogP contribution in [0.1, 0.15) is 35.0 Å². The van der Waals surface area contributed by atoms with Crippen molar-refractivity contribution < 1.29 is 4.79 Å². The fourth-order valence-electron chi connectivity index (χ4n) is 2.05. The van der Waals surface area contributed by atoms with Crippen LogP contribution in [0.5, 0.6) is 0 Å². The van der Waals surface area contributed by atoms with E-state index in [1.165, 1.54) is 0 Å². The standard InChI is InChI=1S/C16H18BrN3O/c1-3-4-13-7-11(8-15(18)19-13)16(21)20-14-9-12(17)6-5-10(14)2/h5-9H,3-4H2,1-2H3,(H2,18,19)(H,20,21). The number of aromatic nitrogens is 1. The smallest absolute Gasteiger partial charge is 0.255 e. The average Bonchev–Trinajstić information content (AvgIpc) is 2.42. The second kappa shape index (κ2) is 6.72. The van der Waals surface area contributed by atoms with Crippen LogP contribution >= 0.6 is 15.9 Å². The second-order valence-electron chi connectivity index (χ2n) is 4.94. The molecule has 21 heavy (non-hydrogen) atoms. The SMILES string of the molecule is CCCc1cc(C(=O)Nc2cc(Br)ccc2C)cc(N)n1. The number of hydrogen-bond acceptors (Lipinski definition) is 3. The molecular weight excluding hydrogens is 330 g/mol. The van der Waals surface area contributed by atoms with Gasteiger partial charge in [0.15, 0.2) is 0 Å². The topological polar surface area (TPSA) is 68.0 Å². The molecule has 2 rings (SSSR count). The third kappa shape index (κ3) is 4.04. The number of nitrogens with zero attached hydrogens (tertiary/aromatic N) is 1. The van der Waals surface area contributed by atoms with Gasteiger partial charge in [-0.3, -0.25) is 4.79 Å². The van der Waals surface area contributed by atoms with Gasteiger partial charge in [0.2, 0.25) is 0 Å². The molecule has 0 aliphatic heterocycles. The first-order valence-electron chi connectivity index (χ1n) is 6.83. The molecule has 0 bridgehead atoms. The second-order valence-corrected chi connectivity index (χ2v) is 5.85. The minimum atomic E-state index is -0.178. The summed E-state index contributed by atoms with van der Waals surface area (Å²) in [6.45, 7) is 4.01. The molecule has 0 aliphatic rings. The van der Waals surface area contributed by atoms with Crippen LogP contribution in [0, 0.1) is 6.92 Å². The van der Waals surface area contributed by atoms with E-state index >= 15 is 0 Å². The van der Waals surface area contributed by atoms with E-state index in [1.54, 1.807) is 12.1 Å². The van der Waals surface area contributed by atoms with Crippen molar-refractivity contribution in [1.82, 2.24) is 4.98 Å². The van der Waals surface area contributed by atoms with Crippen molar-refractivity contribution in [2.24, 2.45) is 0 Å². The number of benzene rings is 1. The van der Waals surface area contributed by atoms with Gasteiger partial charge in [0.1, 0.15) is 5.82 Å². The molecular formula is C16H18BrN3O. The number of amides is 1. The van der Waals surface area contributed by atoms with Crippen molar-refractivity contribution >= 4 is 33.3 Å². The highest BCUT2D eigenvalue weighted by Gasteiger charge is 2.10. The first kappa shape index (κ1) is 15.5. The van der Waals surface area contributed by atoms with Crippen molar-refractivity contribution in [2.75, 3.05) is 11.1 Å². The van der Waals surface area contributed by atoms with Crippen LogP contribution in [-0.2, 0) is 6.42 Å². The molecule has 5 heteroatoms. The highest BCUT2D eigenvalue weighted by molar-refractivity contribution is 9.10. The van der Waals surface area contributed by atoms with E-state index in [0.717, 1.165) is 34.3 Å². The molecule has 1 amide bonds. The third-order valence-electron chi connectivity index (χ3n) is 3.11. The molecule has 0 radical (unpaired) electrons. The number of anilines is 2. The van der Waals surface area contributed by atoms with Crippen molar-refractivity contribution in [2.45, 2.75) is 26.7 Å². The lowest BCUT2D eigenvalue weighted by molar-refractivity contribution is 0.102. The Balaban J connectivity index is 2.25. The number of carbonyl (C=O) groups is 1. The van der Waals surface area contributed by atoms with Crippen molar-refractivity contribution in [1.29, 1.82) is 0 Å². The normalized spacial score (nSPS) is 10.4. The monoisotopic (exact) mass is 347 g/mol. The Hall–Kier alpha value is -1.88. The summed E-state index contributed by atoms with van der Waals surface area (Å²) in [5, 5.41) is 2.91. The molecule has 4 nitrogen and oxygen atoms in total. The predicted octanol–water partition coefficient (Wildman–Crippen LogP) is 3.94. The molecule has 0 unspecified atom stereocenters. The number of pyridine rings is 1. The molecule has 0 aliphatic carbocycles. The fraction of sp³-hybridized carbons (Fsp3) is 0.250. The molecule has 110 valence electrons. The number of hydrogen-bond donors (Lipinski definition) is 2. The van der Waals surface area contributed by atoms with Gasteiger partial charge in [-0.15, -0.1) is 0 Å². The van der Waals surface area contributed by atoms with Crippen molar-refractivity contribution in [3.63, 3.8) is 0 Å². The fourth-order valence-corrected chi connectivity index (χ4v) is 2.41. The van der Waals surface area contributed by atoms with E-state index in [2.05, 4.69) is 33.2 Å². The Labute approximate surface area is 132 Å². The average molecular weight is 348 g/mol. The summed E-state index contributed by atoms with van der Waals surface area (Å²) in [6, 6.07) is 9.16. The van der Waals surface area contributed by atoms with Crippen LogP contribution in [0.15, 0.2) is 34.8 Å². The lowest BCUT2D eigenvalue weighted by atomic mass is 10.1. The highest BCUT2D eigenvalue weighted by Crippen LogP contribution is 2.21. The summed E-state index contributed by atoms with van der Waals surface area (Å²) in [5.41, 5.74) is 8.93. The van der Waals surface area contributed by atoms with Crippen molar-refractivity contribution in [3.05, 3.63) is 51.6 Å². The Morgan fingerprint density at radius 1 is 1.33 bits per heavy atom. The minimum Gasteiger partial charge on any atom is -0.384 e. The van der Waals surface area contributed by atoms with Crippen LogP contribution < -0.4 is 11.1 Å². The van der Waals surface area contributed by atoms with Gasteiger partial charge in [0, 0.05) is 21.4 Å². The molecule has 0 atom stereocenters. The minimum absolute atomic E-state index is 0.178. The summed E-state index contributed by atoms with van der Waals surface area (Å²) >= 11 is 3.40. The quantitative estimate of drug-likeness (QED) is 0.879. The van der Waals surface area contributed by atoms with E-state index in [1.807, 2.05) is 25.1 Å². The zero-order chi connectivity index (χ0) is 15.4. The van der Waals surface area contributed by atoms with Crippen LogP contribution in [-0.4, -0.2) is 10.9 Å². The summed E-state index contributed by atoms with van der Waals surface area (Å²) < 4.78 is 0.921. The first-order valence-corrected chi connectivity index (χ1v) is 7.63. The summed E-state index contributed by atoms with van der Waals surface area (Å²) in [6.07, 6.45) is 1.77. The van der Waals surface area contributed by atoms with Crippen LogP contribution in [0.4, 0.5) is 11.5 Å². The molecule has 0 saturated heterocycles. The Morgan fingerprint density at radius 3 is 2.81 bits per heavy atom. The summed E-state index contributed by atoms with van der Waals surface area (Å²) in [7, 11) is 0. The van der Waals surface area contributed by atoms with Gasteiger partial charge in [0.05, 0.1) is 0 Å². The summed E-state index contributed by atoms with van der Waals surface area (Å²) in [4.78, 5) is 16.6. The third-order valence-corrected chi connectivity index (χ3v) is 3.61. The van der Waals surface area contributed by atoms with Gasteiger partial charge >= 0.3 is 0 Å². The van der Waals surface area contributed by atoms with Gasteiger partial charge in [-0.2, -0.15) is 0 Å². The summed E-state index contributed by atoms with van der Waals surface area (Å²) in [5.74, 6) is 0.194. The number of aryl methyl sites for hydroxylation is 2. The highest BCUT2D eigenvalue weighted by atomic mass is 79.9. The number of rotatable bonds is 4. The molecule has 3 N–H and O–H groups in total. The molecule has 0 spiro atoms. The Kier molecular flexibility index (Phi) is 4.96. The zero-order valence-corrected chi connectivity index (χ0v) is 13.7. The van der Waals surface area contributed by atoms with Gasteiger partial charge in [0.25, 0.3) is 5.91 Å². The number of nitrogens with two attached hydrogens (primary N) is 1. The molecule has 0 fully saturated rings. The number of halogens is 1. The molecule has 2 aromatic rings. The molecule has 0 saturated carbocycles. The number of nitrogens with one attached hydrogen (secondary N) is 1. The number of nitrogen functional groups attached to an aromatic ring is 1. The van der Waals surface area contributed by atoms with Gasteiger partial charge in [-0.25, -0.2) is 4.98 Å². The lowest BCUT2D eigenvalue weighted by Gasteiger charge is -2.10. The molecule has 1 aromatic carbocycles. The van der Waals surface area contributed by atoms with Crippen LogP contribution in [0.25, 0.3) is 0 Å². The largest absolute Gasteiger partial charge is 0.384 e. The first-order chi connectivity index (χ1) is 9.99. The molecule has 1 heterocycles. The molecule has 1 aromatic heterocycles. The maximum atomic E-state index is 12.4. The van der Waals surface area contributed by atoms with E-state index in [0.29, 0.717) is 11.4 Å². The zero-order valence-electron chi connectivity index (χ0n) is 12.1. The maximum Gasteiger partial charge on any atom is 0.255 e. The van der Waals surface area contributed by atoms with E-state index in [4.69, 9.17) is 5.73 Å². The Morgan fingerprint density at radius 2 is 2.10 bits per heavy atom. The van der Waals surface area contributed by atoms with Gasteiger partial charge < -0.3 is 11.1 Å². The van der Waals surface area contributed by atoms with E-state index in [-0.39, 0.29) is 5.91 Å². The maximum absolute atomic E-state index is 12.4. The van der Waals surface area contributed by atoms with E-state index < -0.39 is 0 Å². The Bertz CT molecular complexity index is 671. The van der Waals surface area contributed by atoms with Crippen molar-refractivity contribution in [3.8, 4) is 0 Å². The van der Waals surface area contributed by atoms with Crippen LogP contribution in [0.2, 0.25) is 0 Å². The van der Waals surface area contributed by atoms with E-state index in [9.17, 15) is 4.79 Å². The van der Waals surface area contributed by atoms with Crippen LogP contribution in [0.3, 0.4) is 0 Å². The lowest BCUT2D eigenvalue weighted by Crippen LogP contribution is -2.14. The number of carbonyl (C=O) groups excluding carboxylic acids is 1.